The van der Waals surface area contributed by atoms with Gasteiger partial charge in [-0.15, -0.1) is 0 Å². The third-order valence-electron chi connectivity index (χ3n) is 5.77. The third kappa shape index (κ3) is 6.43. The van der Waals surface area contributed by atoms with Gasteiger partial charge in [0.15, 0.2) is 6.23 Å². The SMILES string of the molecule is CC(C)OC(=O)C(C)NP(=O)(OCC1OC(n2ccc(=O)[nH]c2=O)C(F)(Cl)C1O)Oc1cccc2ncccc12. The zero-order chi connectivity index (χ0) is 29.2. The molecular formula is C24H27ClFN4O9P. The first-order valence-electron chi connectivity index (χ1n) is 12.1. The Hall–Kier alpha value is -3.13. The fourth-order valence-corrected chi connectivity index (χ4v) is 5.71. The van der Waals surface area contributed by atoms with Gasteiger partial charge in [0.05, 0.1) is 18.2 Å². The van der Waals surface area contributed by atoms with Gasteiger partial charge in [-0.3, -0.25) is 28.6 Å². The zero-order valence-electron chi connectivity index (χ0n) is 21.5. The quantitative estimate of drug-likeness (QED) is 0.177. The van der Waals surface area contributed by atoms with Crippen LogP contribution in [0.5, 0.6) is 5.75 Å². The summed E-state index contributed by atoms with van der Waals surface area (Å²) in [5.41, 5.74) is -1.25. The number of nitrogens with zero attached hydrogens (tertiary/aromatic N) is 2. The van der Waals surface area contributed by atoms with E-state index in [1.807, 2.05) is 4.98 Å². The normalized spacial score (nSPS) is 25.0. The van der Waals surface area contributed by atoms with Crippen LogP contribution in [0, 0.1) is 0 Å². The summed E-state index contributed by atoms with van der Waals surface area (Å²) in [6, 6.07) is 7.87. The predicted molar refractivity (Wildman–Crippen MR) is 141 cm³/mol. The third-order valence-corrected chi connectivity index (χ3v) is 7.81. The number of aliphatic hydroxyl groups excluding tert-OH is 1. The minimum Gasteiger partial charge on any atom is -0.462 e. The molecule has 1 fully saturated rings. The lowest BCUT2D eigenvalue weighted by molar-refractivity contribution is -0.149. The minimum atomic E-state index is -4.48. The maximum atomic E-state index is 15.4. The molecule has 0 amide bonds. The van der Waals surface area contributed by atoms with Crippen LogP contribution in [0.25, 0.3) is 10.9 Å². The first kappa shape index (κ1) is 29.8. The van der Waals surface area contributed by atoms with Crippen molar-refractivity contribution >= 4 is 36.2 Å². The van der Waals surface area contributed by atoms with Crippen molar-refractivity contribution in [3.8, 4) is 5.75 Å². The second-order valence-electron chi connectivity index (χ2n) is 9.21. The van der Waals surface area contributed by atoms with Crippen LogP contribution < -0.4 is 20.9 Å². The van der Waals surface area contributed by atoms with Crippen LogP contribution in [0.4, 0.5) is 4.39 Å². The summed E-state index contributed by atoms with van der Waals surface area (Å²) >= 11 is 5.91. The molecule has 1 aromatic carbocycles. The van der Waals surface area contributed by atoms with Crippen LogP contribution in [0.3, 0.4) is 0 Å². The van der Waals surface area contributed by atoms with E-state index in [4.69, 9.17) is 30.1 Å². The summed E-state index contributed by atoms with van der Waals surface area (Å²) in [4.78, 5) is 42.2. The van der Waals surface area contributed by atoms with Crippen LogP contribution in [0.2, 0.25) is 0 Å². The van der Waals surface area contributed by atoms with E-state index in [2.05, 4.69) is 10.1 Å². The summed E-state index contributed by atoms with van der Waals surface area (Å²) < 4.78 is 51.9. The number of benzene rings is 1. The minimum absolute atomic E-state index is 0.0913. The van der Waals surface area contributed by atoms with Crippen LogP contribution in [0.15, 0.2) is 58.4 Å². The fourth-order valence-electron chi connectivity index (χ4n) is 3.89. The molecule has 0 saturated carbocycles. The number of hydrogen-bond acceptors (Lipinski definition) is 10. The monoisotopic (exact) mass is 600 g/mol. The first-order valence-corrected chi connectivity index (χ1v) is 14.0. The summed E-state index contributed by atoms with van der Waals surface area (Å²) in [6.45, 7) is 3.89. The maximum absolute atomic E-state index is 15.4. The molecule has 4 rings (SSSR count). The van der Waals surface area contributed by atoms with E-state index in [0.717, 1.165) is 12.3 Å². The molecule has 3 heterocycles. The van der Waals surface area contributed by atoms with Gasteiger partial charge in [-0.2, -0.15) is 5.09 Å². The zero-order valence-corrected chi connectivity index (χ0v) is 23.2. The Morgan fingerprint density at radius 3 is 2.75 bits per heavy atom. The Labute approximate surface area is 231 Å². The van der Waals surface area contributed by atoms with E-state index >= 15 is 4.39 Å². The molecule has 0 bridgehead atoms. The number of H-pyrrole nitrogens is 1. The highest BCUT2D eigenvalue weighted by atomic mass is 35.5. The average Bonchev–Trinajstić information content (AvgIpc) is 3.11. The summed E-state index contributed by atoms with van der Waals surface area (Å²) in [5, 5.41) is 10.5. The number of carbonyl (C=O) groups is 1. The molecule has 40 heavy (non-hydrogen) atoms. The van der Waals surface area contributed by atoms with Gasteiger partial charge in [-0.25, -0.2) is 13.8 Å². The number of aliphatic hydroxyl groups is 1. The molecule has 16 heteroatoms. The van der Waals surface area contributed by atoms with E-state index in [0.29, 0.717) is 15.5 Å². The molecular weight excluding hydrogens is 574 g/mol. The standard InChI is InChI=1S/C24H27ClFN4O9P/c1-13(2)37-21(33)14(3)29-40(35,39-17-8-4-7-16-15(17)6-5-10-27-16)36-12-18-20(32)24(25,26)22(38-18)30-11-9-19(31)28-23(30)34/h4-11,13-14,18,20,22,32H,12H2,1-3H3,(H,29,35)(H,28,31,34). The van der Waals surface area contributed by atoms with E-state index < -0.39 is 67.3 Å². The van der Waals surface area contributed by atoms with E-state index in [-0.39, 0.29) is 5.75 Å². The Morgan fingerprint density at radius 2 is 2.05 bits per heavy atom. The van der Waals surface area contributed by atoms with Crippen molar-refractivity contribution in [2.75, 3.05) is 6.61 Å². The predicted octanol–water partition coefficient (Wildman–Crippen LogP) is 2.38. The number of nitrogens with one attached hydrogen (secondary N) is 2. The van der Waals surface area contributed by atoms with Crippen LogP contribution in [-0.2, 0) is 23.4 Å². The highest BCUT2D eigenvalue weighted by molar-refractivity contribution is 7.52. The highest BCUT2D eigenvalue weighted by Gasteiger charge is 2.58. The van der Waals surface area contributed by atoms with Crippen molar-refractivity contribution < 1.29 is 37.4 Å². The molecule has 0 aliphatic carbocycles. The maximum Gasteiger partial charge on any atom is 0.459 e. The van der Waals surface area contributed by atoms with Crippen LogP contribution in [-0.4, -0.2) is 61.7 Å². The molecule has 1 saturated heterocycles. The second kappa shape index (κ2) is 11.8. The number of hydrogen-bond donors (Lipinski definition) is 3. The van der Waals surface area contributed by atoms with E-state index in [1.165, 1.54) is 13.0 Å². The number of aromatic amines is 1. The number of esters is 1. The summed E-state index contributed by atoms with van der Waals surface area (Å²) in [6.07, 6.45) is -3.46. The molecule has 6 unspecified atom stereocenters. The molecule has 2 aromatic heterocycles. The topological polar surface area (TPSA) is 171 Å². The largest absolute Gasteiger partial charge is 0.462 e. The lowest BCUT2D eigenvalue weighted by Crippen LogP contribution is -2.42. The molecule has 3 aromatic rings. The second-order valence-corrected chi connectivity index (χ2v) is 11.5. The van der Waals surface area contributed by atoms with E-state index in [1.54, 1.807) is 44.3 Å². The van der Waals surface area contributed by atoms with Gasteiger partial charge in [0, 0.05) is 23.8 Å². The van der Waals surface area contributed by atoms with Crippen molar-refractivity contribution in [3.05, 3.63) is 69.6 Å². The van der Waals surface area contributed by atoms with Crippen LogP contribution >= 0.6 is 19.3 Å². The highest BCUT2D eigenvalue weighted by Crippen LogP contribution is 2.49. The number of carbonyl (C=O) groups excluding carboxylic acids is 1. The molecule has 0 spiro atoms. The first-order chi connectivity index (χ1) is 18.8. The van der Waals surface area contributed by atoms with E-state index in [9.17, 15) is 24.1 Å². The smallest absolute Gasteiger partial charge is 0.459 e. The van der Waals surface area contributed by atoms with Crippen molar-refractivity contribution in [1.82, 2.24) is 19.6 Å². The van der Waals surface area contributed by atoms with Gasteiger partial charge < -0.3 is 19.1 Å². The Bertz CT molecular complexity index is 1540. The molecule has 1 aliphatic heterocycles. The number of ether oxygens (including phenoxy) is 2. The number of alkyl halides is 2. The fraction of sp³-hybridized carbons (Fsp3) is 0.417. The molecule has 216 valence electrons. The van der Waals surface area contributed by atoms with Crippen molar-refractivity contribution in [2.24, 2.45) is 0 Å². The van der Waals surface area contributed by atoms with Gasteiger partial charge in [-0.1, -0.05) is 17.7 Å². The summed E-state index contributed by atoms with van der Waals surface area (Å²) in [5.74, 6) is -0.659. The van der Waals surface area contributed by atoms with Gasteiger partial charge in [-0.05, 0) is 45.0 Å². The van der Waals surface area contributed by atoms with Crippen molar-refractivity contribution in [3.63, 3.8) is 0 Å². The summed E-state index contributed by atoms with van der Waals surface area (Å²) in [7, 11) is -4.48. The van der Waals surface area contributed by atoms with Gasteiger partial charge in [0.2, 0.25) is 0 Å². The van der Waals surface area contributed by atoms with Crippen molar-refractivity contribution in [2.45, 2.75) is 56.5 Å². The number of fused-ring (bicyclic) bond motifs is 1. The number of halogens is 2. The van der Waals surface area contributed by atoms with Gasteiger partial charge >= 0.3 is 19.4 Å². The molecule has 1 aliphatic rings. The van der Waals surface area contributed by atoms with Crippen molar-refractivity contribution in [1.29, 1.82) is 0 Å². The number of rotatable bonds is 10. The van der Waals surface area contributed by atoms with Gasteiger partial charge in [0.1, 0.15) is 24.0 Å². The molecule has 3 N–H and O–H groups in total. The Balaban J connectivity index is 1.60. The van der Waals surface area contributed by atoms with Crippen LogP contribution in [0.1, 0.15) is 27.0 Å². The number of aromatic nitrogens is 3. The lowest BCUT2D eigenvalue weighted by Gasteiger charge is -2.25. The average molecular weight is 601 g/mol. The Morgan fingerprint density at radius 1 is 1.30 bits per heavy atom. The molecule has 6 atom stereocenters. The lowest BCUT2D eigenvalue weighted by atomic mass is 10.1. The molecule has 13 nitrogen and oxygen atoms in total. The van der Waals surface area contributed by atoms with Gasteiger partial charge in [0.25, 0.3) is 10.7 Å². The Kier molecular flexibility index (Phi) is 8.78. The molecule has 0 radical (unpaired) electrons. The number of pyridine rings is 1.